The molecule has 1 amide bonds. The van der Waals surface area contributed by atoms with Gasteiger partial charge in [-0.15, -0.1) is 6.42 Å². The normalized spacial score (nSPS) is 20.8. The zero-order chi connectivity index (χ0) is 11.8. The number of hydrogen-bond acceptors (Lipinski definition) is 5. The molecule has 82 valence electrons. The summed E-state index contributed by atoms with van der Waals surface area (Å²) in [7, 11) is 0. The second-order valence-corrected chi connectivity index (χ2v) is 3.63. The molecule has 0 saturated carbocycles. The molecule has 0 aromatic rings. The fourth-order valence-corrected chi connectivity index (χ4v) is 1.91. The molecular formula is C9H8BNO5. The molecule has 2 aliphatic heterocycles. The number of nitrogens with one attached hydrogen (secondary N) is 1. The Kier molecular flexibility index (Phi) is 2.27. The van der Waals surface area contributed by atoms with E-state index < -0.39 is 24.3 Å². The van der Waals surface area contributed by atoms with Gasteiger partial charge in [0.25, 0.3) is 0 Å². The third-order valence-electron chi connectivity index (χ3n) is 2.58. The molecule has 2 saturated heterocycles. The van der Waals surface area contributed by atoms with E-state index in [-0.39, 0.29) is 19.4 Å². The summed E-state index contributed by atoms with van der Waals surface area (Å²) in [6.07, 6.45) is 4.89. The fourth-order valence-electron chi connectivity index (χ4n) is 1.91. The van der Waals surface area contributed by atoms with Crippen LogP contribution in [0.2, 0.25) is 0 Å². The van der Waals surface area contributed by atoms with Crippen molar-refractivity contribution in [1.29, 1.82) is 0 Å². The van der Waals surface area contributed by atoms with E-state index in [1.54, 1.807) is 0 Å². The van der Waals surface area contributed by atoms with Crippen LogP contribution < -0.4 is 5.32 Å². The maximum absolute atomic E-state index is 11.7. The lowest BCUT2D eigenvalue weighted by Gasteiger charge is -2.22. The average Bonchev–Trinajstić information content (AvgIpc) is 2.66. The van der Waals surface area contributed by atoms with Gasteiger partial charge in [-0.05, 0) is 0 Å². The zero-order valence-electron chi connectivity index (χ0n) is 8.32. The largest absolute Gasteiger partial charge is 0.642 e. The van der Waals surface area contributed by atoms with Crippen LogP contribution in [-0.2, 0) is 18.9 Å². The summed E-state index contributed by atoms with van der Waals surface area (Å²) in [5, 5.41) is 2.36. The number of carbonyl (C=O) groups is 3. The van der Waals surface area contributed by atoms with Crippen LogP contribution in [0, 0.1) is 18.2 Å². The first-order chi connectivity index (χ1) is 7.58. The summed E-state index contributed by atoms with van der Waals surface area (Å²) in [6.45, 7) is -2.61. The van der Waals surface area contributed by atoms with Crippen LogP contribution in [0.5, 0.6) is 0 Å². The molecule has 2 fully saturated rings. The number of terminal acetylenes is 1. The summed E-state index contributed by atoms with van der Waals surface area (Å²) in [5.41, 5.74) is 0. The molecule has 0 atom stereocenters. The molecule has 2 rings (SSSR count). The molecule has 0 bridgehead atoms. The SMILES string of the molecule is C#CCNC(=O)[B-]12OC(=O)C[C+]1CC(=O)O2. The number of fused-ring (bicyclic) bond motifs is 1. The molecule has 1 N–H and O–H groups in total. The summed E-state index contributed by atoms with van der Waals surface area (Å²) < 4.78 is 9.73. The molecule has 0 radical (unpaired) electrons. The first-order valence-electron chi connectivity index (χ1n) is 4.73. The summed E-state index contributed by atoms with van der Waals surface area (Å²) in [6, 6.07) is 0. The number of hydrogen-bond donors (Lipinski definition) is 1. The quantitative estimate of drug-likeness (QED) is 0.381. The predicted molar refractivity (Wildman–Crippen MR) is 52.6 cm³/mol. The predicted octanol–water partition coefficient (Wildman–Crippen LogP) is -0.639. The monoisotopic (exact) mass is 221 g/mol. The van der Waals surface area contributed by atoms with Gasteiger partial charge in [-0.1, -0.05) is 5.92 Å². The van der Waals surface area contributed by atoms with Crippen molar-refractivity contribution >= 4 is 24.3 Å². The van der Waals surface area contributed by atoms with Gasteiger partial charge in [-0.3, -0.25) is 9.59 Å². The van der Waals surface area contributed by atoms with Crippen molar-refractivity contribution < 1.29 is 23.7 Å². The molecule has 0 unspecified atom stereocenters. The van der Waals surface area contributed by atoms with Crippen molar-refractivity contribution in [3.05, 3.63) is 5.82 Å². The Morgan fingerprint density at radius 3 is 2.50 bits per heavy atom. The van der Waals surface area contributed by atoms with Crippen LogP contribution in [0.15, 0.2) is 0 Å². The topological polar surface area (TPSA) is 81.7 Å². The Bertz CT molecular complexity index is 393. The summed E-state index contributed by atoms with van der Waals surface area (Å²) >= 11 is 0. The molecular weight excluding hydrogens is 213 g/mol. The Morgan fingerprint density at radius 1 is 1.44 bits per heavy atom. The van der Waals surface area contributed by atoms with Crippen molar-refractivity contribution in [2.75, 3.05) is 6.54 Å². The second-order valence-electron chi connectivity index (χ2n) is 3.63. The minimum absolute atomic E-state index is 0.00921. The first kappa shape index (κ1) is 10.4. The van der Waals surface area contributed by atoms with Gasteiger partial charge < -0.3 is 19.4 Å². The number of carbonyl (C=O) groups excluding carboxylic acids is 3. The van der Waals surface area contributed by atoms with Crippen molar-refractivity contribution in [2.24, 2.45) is 0 Å². The highest BCUT2D eigenvalue weighted by molar-refractivity contribution is 7.04. The highest BCUT2D eigenvalue weighted by atomic mass is 16.7. The lowest BCUT2D eigenvalue weighted by atomic mass is 9.48. The maximum atomic E-state index is 11.7. The first-order valence-corrected chi connectivity index (χ1v) is 4.73. The minimum Gasteiger partial charge on any atom is -0.607 e. The van der Waals surface area contributed by atoms with Gasteiger partial charge in [-0.2, -0.15) is 0 Å². The van der Waals surface area contributed by atoms with Gasteiger partial charge in [0.05, 0.1) is 6.54 Å². The highest BCUT2D eigenvalue weighted by Gasteiger charge is 2.69. The Hall–Kier alpha value is -2.10. The number of amides is 1. The van der Waals surface area contributed by atoms with Crippen molar-refractivity contribution in [1.82, 2.24) is 5.32 Å². The molecule has 16 heavy (non-hydrogen) atoms. The van der Waals surface area contributed by atoms with E-state index in [2.05, 4.69) is 11.2 Å². The standard InChI is InChI=1S/C9H8BNO5/c1-2-3-11-9(14)10-6(4-7(12)15-10)5-8(13)16-10/h1H,3-5H2,(H,11,14). The molecule has 0 aliphatic carbocycles. The van der Waals surface area contributed by atoms with E-state index in [0.717, 1.165) is 0 Å². The molecule has 0 aromatic heterocycles. The molecule has 2 heterocycles. The summed E-state index contributed by atoms with van der Waals surface area (Å²) in [4.78, 5) is 34.0. The van der Waals surface area contributed by atoms with Crippen LogP contribution >= 0.6 is 0 Å². The van der Waals surface area contributed by atoms with Gasteiger partial charge in [0, 0.05) is 5.82 Å². The second kappa shape index (κ2) is 3.49. The van der Waals surface area contributed by atoms with E-state index in [9.17, 15) is 14.4 Å². The Morgan fingerprint density at radius 2 is 2.00 bits per heavy atom. The van der Waals surface area contributed by atoms with Crippen molar-refractivity contribution in [3.8, 4) is 12.3 Å². The smallest absolute Gasteiger partial charge is 0.607 e. The van der Waals surface area contributed by atoms with Gasteiger partial charge in [-0.25, -0.2) is 0 Å². The van der Waals surface area contributed by atoms with E-state index in [0.29, 0.717) is 5.82 Å². The summed E-state index contributed by atoms with van der Waals surface area (Å²) in [5.74, 6) is 0.839. The van der Waals surface area contributed by atoms with Gasteiger partial charge in [0.1, 0.15) is 12.8 Å². The lowest BCUT2D eigenvalue weighted by molar-refractivity contribution is -0.138. The minimum atomic E-state index is -2.60. The molecule has 7 heteroatoms. The Balaban J connectivity index is 2.21. The molecule has 2 aliphatic rings. The van der Waals surface area contributed by atoms with E-state index >= 15 is 0 Å². The molecule has 0 spiro atoms. The number of rotatable bonds is 2. The van der Waals surface area contributed by atoms with Gasteiger partial charge in [0.15, 0.2) is 0 Å². The average molecular weight is 221 g/mol. The zero-order valence-corrected chi connectivity index (χ0v) is 8.32. The van der Waals surface area contributed by atoms with Crippen molar-refractivity contribution in [3.63, 3.8) is 0 Å². The molecule has 6 nitrogen and oxygen atoms in total. The third kappa shape index (κ3) is 1.39. The van der Waals surface area contributed by atoms with Crippen LogP contribution in [0.1, 0.15) is 12.8 Å². The van der Waals surface area contributed by atoms with Gasteiger partial charge >= 0.3 is 18.5 Å². The van der Waals surface area contributed by atoms with Crippen LogP contribution in [0.3, 0.4) is 0 Å². The van der Waals surface area contributed by atoms with Crippen LogP contribution in [0.25, 0.3) is 0 Å². The Labute approximate surface area is 91.6 Å². The van der Waals surface area contributed by atoms with Crippen LogP contribution in [-0.4, -0.2) is 30.8 Å². The van der Waals surface area contributed by atoms with E-state index in [4.69, 9.17) is 15.7 Å². The lowest BCUT2D eigenvalue weighted by Crippen LogP contribution is -2.54. The van der Waals surface area contributed by atoms with Crippen LogP contribution in [0.4, 0.5) is 4.79 Å². The fraction of sp³-hybridized carbons (Fsp3) is 0.333. The van der Waals surface area contributed by atoms with Crippen molar-refractivity contribution in [2.45, 2.75) is 12.8 Å². The third-order valence-corrected chi connectivity index (χ3v) is 2.58. The highest BCUT2D eigenvalue weighted by Crippen LogP contribution is 2.40. The van der Waals surface area contributed by atoms with E-state index in [1.807, 2.05) is 0 Å². The van der Waals surface area contributed by atoms with Gasteiger partial charge in [0.2, 0.25) is 5.81 Å². The molecule has 0 aromatic carbocycles. The maximum Gasteiger partial charge on any atom is 0.642 e. The van der Waals surface area contributed by atoms with E-state index in [1.165, 1.54) is 0 Å².